The molecule has 0 aliphatic carbocycles. The first-order valence-corrected chi connectivity index (χ1v) is 8.03. The van der Waals surface area contributed by atoms with E-state index in [1.165, 1.54) is 17.2 Å². The summed E-state index contributed by atoms with van der Waals surface area (Å²) in [6.07, 6.45) is 1.41. The van der Waals surface area contributed by atoms with Crippen molar-refractivity contribution in [2.45, 2.75) is 6.54 Å². The number of esters is 1. The van der Waals surface area contributed by atoms with Crippen LogP contribution < -0.4 is 4.90 Å². The van der Waals surface area contributed by atoms with Gasteiger partial charge >= 0.3 is 5.97 Å². The van der Waals surface area contributed by atoms with Crippen molar-refractivity contribution in [2.75, 3.05) is 32.6 Å². The summed E-state index contributed by atoms with van der Waals surface area (Å²) in [4.78, 5) is 31.4. The van der Waals surface area contributed by atoms with Crippen LogP contribution in [0.5, 0.6) is 0 Å². The second-order valence-corrected chi connectivity index (χ2v) is 6.18. The molecule has 1 heterocycles. The van der Waals surface area contributed by atoms with Crippen LogP contribution in [0.1, 0.15) is 16.1 Å². The van der Waals surface area contributed by atoms with E-state index in [0.29, 0.717) is 11.6 Å². The average Bonchev–Trinajstić information content (AvgIpc) is 2.59. The Morgan fingerprint density at radius 1 is 1.12 bits per heavy atom. The van der Waals surface area contributed by atoms with Crippen LogP contribution in [-0.2, 0) is 16.1 Å². The van der Waals surface area contributed by atoms with Crippen molar-refractivity contribution in [1.29, 1.82) is 0 Å². The average molecular weight is 362 g/mol. The Bertz CT molecular complexity index is 747. The molecule has 0 radical (unpaired) electrons. The highest BCUT2D eigenvalue weighted by Gasteiger charge is 2.15. The van der Waals surface area contributed by atoms with Gasteiger partial charge in [-0.05, 0) is 29.8 Å². The Morgan fingerprint density at radius 3 is 2.40 bits per heavy atom. The largest absolute Gasteiger partial charge is 0.451 e. The summed E-state index contributed by atoms with van der Waals surface area (Å²) in [5.41, 5.74) is 2.15. The zero-order chi connectivity index (χ0) is 18.4. The first kappa shape index (κ1) is 18.7. The number of anilines is 1. The van der Waals surface area contributed by atoms with E-state index in [1.54, 1.807) is 13.1 Å². The summed E-state index contributed by atoms with van der Waals surface area (Å²) >= 11 is 5.80. The van der Waals surface area contributed by atoms with Crippen molar-refractivity contribution in [3.63, 3.8) is 0 Å². The highest BCUT2D eigenvalue weighted by molar-refractivity contribution is 6.30. The lowest BCUT2D eigenvalue weighted by atomic mass is 10.2. The van der Waals surface area contributed by atoms with E-state index in [-0.39, 0.29) is 18.2 Å². The van der Waals surface area contributed by atoms with Crippen LogP contribution in [0.4, 0.5) is 5.69 Å². The number of ether oxygens (including phenoxy) is 1. The predicted octanol–water partition coefficient (Wildman–Crippen LogP) is 2.62. The number of nitrogens with zero attached hydrogens (tertiary/aromatic N) is 3. The Kier molecular flexibility index (Phi) is 6.36. The Labute approximate surface area is 152 Å². The van der Waals surface area contributed by atoms with Gasteiger partial charge < -0.3 is 14.5 Å². The van der Waals surface area contributed by atoms with E-state index >= 15 is 0 Å². The first-order valence-electron chi connectivity index (χ1n) is 7.65. The molecule has 2 rings (SSSR count). The van der Waals surface area contributed by atoms with Gasteiger partial charge in [0.05, 0.1) is 0 Å². The molecule has 7 heteroatoms. The van der Waals surface area contributed by atoms with E-state index in [1.807, 2.05) is 43.3 Å². The van der Waals surface area contributed by atoms with E-state index < -0.39 is 5.97 Å². The minimum Gasteiger partial charge on any atom is -0.451 e. The third kappa shape index (κ3) is 5.46. The highest BCUT2D eigenvalue weighted by atomic mass is 35.5. The number of carbonyl (C=O) groups is 2. The van der Waals surface area contributed by atoms with Crippen molar-refractivity contribution in [1.82, 2.24) is 9.88 Å². The number of hydrogen-bond acceptors (Lipinski definition) is 5. The summed E-state index contributed by atoms with van der Waals surface area (Å²) < 4.78 is 5.00. The molecule has 0 saturated carbocycles. The number of pyridine rings is 1. The van der Waals surface area contributed by atoms with Gasteiger partial charge in [0, 0.05) is 44.6 Å². The van der Waals surface area contributed by atoms with Crippen LogP contribution >= 0.6 is 11.6 Å². The number of amides is 1. The van der Waals surface area contributed by atoms with Crippen LogP contribution in [0.25, 0.3) is 0 Å². The number of carbonyl (C=O) groups excluding carboxylic acids is 2. The molecule has 0 aliphatic heterocycles. The number of benzene rings is 1. The predicted molar refractivity (Wildman–Crippen MR) is 96.8 cm³/mol. The molecule has 0 bridgehead atoms. The molecule has 0 unspecified atom stereocenters. The fraction of sp³-hybridized carbons (Fsp3) is 0.278. The summed E-state index contributed by atoms with van der Waals surface area (Å²) in [5.74, 6) is -0.980. The van der Waals surface area contributed by atoms with E-state index in [2.05, 4.69) is 4.98 Å². The second-order valence-electron chi connectivity index (χ2n) is 5.75. The van der Waals surface area contributed by atoms with Gasteiger partial charge in [-0.1, -0.05) is 23.7 Å². The fourth-order valence-corrected chi connectivity index (χ4v) is 2.25. The molecular weight excluding hydrogens is 342 g/mol. The van der Waals surface area contributed by atoms with Crippen molar-refractivity contribution >= 4 is 29.2 Å². The summed E-state index contributed by atoms with van der Waals surface area (Å²) in [6.45, 7) is 0.0822. The standard InChI is InChI=1S/C18H20ClN3O3/c1-21(2)15-6-4-13(5-7-15)11-22(3)17(23)12-25-18(24)16-10-14(19)8-9-20-16/h4-10H,11-12H2,1-3H3. The van der Waals surface area contributed by atoms with Crippen molar-refractivity contribution in [3.05, 3.63) is 58.9 Å². The normalized spacial score (nSPS) is 10.2. The second kappa shape index (κ2) is 8.48. The minimum atomic E-state index is -0.681. The monoisotopic (exact) mass is 361 g/mol. The zero-order valence-corrected chi connectivity index (χ0v) is 15.2. The van der Waals surface area contributed by atoms with Crippen LogP contribution in [0.3, 0.4) is 0 Å². The lowest BCUT2D eigenvalue weighted by molar-refractivity contribution is -0.133. The lowest BCUT2D eigenvalue weighted by Gasteiger charge is -2.18. The van der Waals surface area contributed by atoms with Gasteiger partial charge in [0.25, 0.3) is 5.91 Å². The van der Waals surface area contributed by atoms with Crippen molar-refractivity contribution in [3.8, 4) is 0 Å². The molecule has 1 amide bonds. The molecule has 0 spiro atoms. The van der Waals surface area contributed by atoms with Crippen LogP contribution in [0, 0.1) is 0 Å². The van der Waals surface area contributed by atoms with E-state index in [4.69, 9.17) is 16.3 Å². The number of likely N-dealkylation sites (N-methyl/N-ethyl adjacent to an activating group) is 1. The fourth-order valence-electron chi connectivity index (χ4n) is 2.09. The smallest absolute Gasteiger partial charge is 0.357 e. The van der Waals surface area contributed by atoms with Crippen LogP contribution in [-0.4, -0.2) is 49.5 Å². The molecule has 0 aliphatic rings. The molecule has 0 fully saturated rings. The topological polar surface area (TPSA) is 62.7 Å². The molecule has 132 valence electrons. The maximum Gasteiger partial charge on any atom is 0.357 e. The lowest BCUT2D eigenvalue weighted by Crippen LogP contribution is -2.31. The van der Waals surface area contributed by atoms with Crippen molar-refractivity contribution < 1.29 is 14.3 Å². The van der Waals surface area contributed by atoms with Crippen LogP contribution in [0.15, 0.2) is 42.6 Å². The summed E-state index contributed by atoms with van der Waals surface area (Å²) in [6, 6.07) is 10.8. The summed E-state index contributed by atoms with van der Waals surface area (Å²) in [5, 5.41) is 0.381. The zero-order valence-electron chi connectivity index (χ0n) is 14.4. The van der Waals surface area contributed by atoms with Gasteiger partial charge in [0.2, 0.25) is 0 Å². The molecule has 1 aromatic carbocycles. The number of rotatable bonds is 6. The number of aromatic nitrogens is 1. The SMILES string of the molecule is CN(Cc1ccc(N(C)C)cc1)C(=O)COC(=O)c1cc(Cl)ccn1. The molecule has 0 atom stereocenters. The third-order valence-corrected chi connectivity index (χ3v) is 3.79. The number of hydrogen-bond donors (Lipinski definition) is 0. The Hall–Kier alpha value is -2.60. The molecule has 0 N–H and O–H groups in total. The molecule has 6 nitrogen and oxygen atoms in total. The van der Waals surface area contributed by atoms with Gasteiger partial charge in [-0.2, -0.15) is 0 Å². The van der Waals surface area contributed by atoms with Crippen molar-refractivity contribution in [2.24, 2.45) is 0 Å². The van der Waals surface area contributed by atoms with Gasteiger partial charge in [-0.3, -0.25) is 4.79 Å². The molecule has 25 heavy (non-hydrogen) atoms. The van der Waals surface area contributed by atoms with Gasteiger partial charge in [0.1, 0.15) is 5.69 Å². The van der Waals surface area contributed by atoms with Gasteiger partial charge in [0.15, 0.2) is 6.61 Å². The quantitative estimate of drug-likeness (QED) is 0.740. The van der Waals surface area contributed by atoms with Crippen LogP contribution in [0.2, 0.25) is 5.02 Å². The summed E-state index contributed by atoms with van der Waals surface area (Å²) in [7, 11) is 5.59. The third-order valence-electron chi connectivity index (χ3n) is 3.56. The molecule has 1 aromatic heterocycles. The van der Waals surface area contributed by atoms with Gasteiger partial charge in [-0.15, -0.1) is 0 Å². The van der Waals surface area contributed by atoms with Gasteiger partial charge in [-0.25, -0.2) is 9.78 Å². The number of halogens is 1. The molecule has 2 aromatic rings. The minimum absolute atomic E-state index is 0.0715. The molecule has 0 saturated heterocycles. The maximum absolute atomic E-state index is 12.1. The Morgan fingerprint density at radius 2 is 1.80 bits per heavy atom. The Balaban J connectivity index is 1.86. The maximum atomic E-state index is 12.1. The molecular formula is C18H20ClN3O3. The van der Waals surface area contributed by atoms with E-state index in [0.717, 1.165) is 11.3 Å². The first-order chi connectivity index (χ1) is 11.9. The van der Waals surface area contributed by atoms with E-state index in [9.17, 15) is 9.59 Å². The highest BCUT2D eigenvalue weighted by Crippen LogP contribution is 2.13.